The number of aromatic amines is 2. The number of rotatable bonds is 2. The van der Waals surface area contributed by atoms with E-state index in [-0.39, 0.29) is 6.04 Å². The fraction of sp³-hybridized carbons (Fsp3) is 0.375. The smallest absolute Gasteiger partial charge is 0.326 e. The zero-order chi connectivity index (χ0) is 11.0. The largest absolute Gasteiger partial charge is 0.330 e. The maximum Gasteiger partial charge on any atom is 0.330 e. The maximum atomic E-state index is 11.5. The van der Waals surface area contributed by atoms with Crippen molar-refractivity contribution in [3.05, 3.63) is 27.0 Å². The van der Waals surface area contributed by atoms with Gasteiger partial charge in [0.1, 0.15) is 11.0 Å². The molecular formula is C8H11N5O2. The molecule has 15 heavy (non-hydrogen) atoms. The van der Waals surface area contributed by atoms with Crippen LogP contribution in [0.5, 0.6) is 0 Å². The Bertz CT molecular complexity index is 591. The summed E-state index contributed by atoms with van der Waals surface area (Å²) in [5, 5.41) is 6.69. The van der Waals surface area contributed by atoms with Gasteiger partial charge in [-0.05, 0) is 6.92 Å². The summed E-state index contributed by atoms with van der Waals surface area (Å²) in [5.41, 5.74) is 5.09. The van der Waals surface area contributed by atoms with Crippen LogP contribution in [0, 0.1) is 0 Å². The third-order valence-corrected chi connectivity index (χ3v) is 2.07. The highest BCUT2D eigenvalue weighted by atomic mass is 16.2. The number of nitrogens with zero attached hydrogens (tertiary/aromatic N) is 2. The van der Waals surface area contributed by atoms with Crippen molar-refractivity contribution < 1.29 is 0 Å². The van der Waals surface area contributed by atoms with Crippen molar-refractivity contribution >= 4 is 11.0 Å². The summed E-state index contributed by atoms with van der Waals surface area (Å²) in [4.78, 5) is 25.0. The Morgan fingerprint density at radius 2 is 2.33 bits per heavy atom. The zero-order valence-corrected chi connectivity index (χ0v) is 8.15. The van der Waals surface area contributed by atoms with Crippen LogP contribution in [0.2, 0.25) is 0 Å². The second-order valence-electron chi connectivity index (χ2n) is 3.48. The van der Waals surface area contributed by atoms with E-state index in [0.29, 0.717) is 17.6 Å². The van der Waals surface area contributed by atoms with Gasteiger partial charge in [-0.2, -0.15) is 5.10 Å². The Morgan fingerprint density at radius 3 is 3.00 bits per heavy atom. The lowest BCUT2D eigenvalue weighted by Crippen LogP contribution is -2.35. The van der Waals surface area contributed by atoms with Crippen molar-refractivity contribution in [2.24, 2.45) is 5.73 Å². The van der Waals surface area contributed by atoms with Gasteiger partial charge in [0.2, 0.25) is 0 Å². The van der Waals surface area contributed by atoms with Gasteiger partial charge in [0.15, 0.2) is 0 Å². The summed E-state index contributed by atoms with van der Waals surface area (Å²) in [5.74, 6) is 0. The molecule has 0 saturated heterocycles. The Hall–Kier alpha value is -1.89. The van der Waals surface area contributed by atoms with E-state index < -0.39 is 11.2 Å². The van der Waals surface area contributed by atoms with Crippen LogP contribution in [0.15, 0.2) is 15.8 Å². The summed E-state index contributed by atoms with van der Waals surface area (Å²) < 4.78 is 1.37. The second-order valence-corrected chi connectivity index (χ2v) is 3.48. The van der Waals surface area contributed by atoms with Crippen molar-refractivity contribution in [2.75, 3.05) is 0 Å². The molecule has 0 radical (unpaired) electrons. The highest BCUT2D eigenvalue weighted by molar-refractivity contribution is 5.72. The number of aromatic nitrogens is 4. The first-order valence-electron chi connectivity index (χ1n) is 4.51. The van der Waals surface area contributed by atoms with Crippen LogP contribution in [-0.2, 0) is 6.54 Å². The highest BCUT2D eigenvalue weighted by Gasteiger charge is 2.09. The molecule has 4 N–H and O–H groups in total. The van der Waals surface area contributed by atoms with Crippen LogP contribution < -0.4 is 17.0 Å². The molecule has 0 aliphatic carbocycles. The summed E-state index contributed by atoms with van der Waals surface area (Å²) in [7, 11) is 0. The molecule has 0 aliphatic rings. The molecule has 0 spiro atoms. The molecule has 0 bridgehead atoms. The Balaban J connectivity index is 2.77. The molecule has 0 fully saturated rings. The van der Waals surface area contributed by atoms with E-state index in [2.05, 4.69) is 15.2 Å². The molecular weight excluding hydrogens is 198 g/mol. The molecule has 2 rings (SSSR count). The number of H-pyrrole nitrogens is 2. The maximum absolute atomic E-state index is 11.5. The van der Waals surface area contributed by atoms with E-state index in [1.807, 2.05) is 0 Å². The number of hydrogen-bond donors (Lipinski definition) is 3. The van der Waals surface area contributed by atoms with Crippen LogP contribution in [-0.4, -0.2) is 25.8 Å². The van der Waals surface area contributed by atoms with Gasteiger partial charge in [-0.1, -0.05) is 0 Å². The minimum absolute atomic E-state index is 0.180. The first-order chi connectivity index (χ1) is 7.09. The molecule has 0 aromatic carbocycles. The van der Waals surface area contributed by atoms with E-state index in [1.165, 1.54) is 10.8 Å². The number of fused-ring (bicyclic) bond motifs is 1. The molecule has 1 unspecified atom stereocenters. The summed E-state index contributed by atoms with van der Waals surface area (Å²) in [6.45, 7) is 2.11. The lowest BCUT2D eigenvalue weighted by Gasteiger charge is -2.08. The van der Waals surface area contributed by atoms with Crippen molar-refractivity contribution in [1.29, 1.82) is 0 Å². The monoisotopic (exact) mass is 209 g/mol. The van der Waals surface area contributed by atoms with Crippen LogP contribution in [0.3, 0.4) is 0 Å². The van der Waals surface area contributed by atoms with E-state index >= 15 is 0 Å². The van der Waals surface area contributed by atoms with E-state index in [9.17, 15) is 9.59 Å². The first kappa shape index (κ1) is 9.66. The third-order valence-electron chi connectivity index (χ3n) is 2.07. The quantitative estimate of drug-likeness (QED) is 0.574. The Kier molecular flexibility index (Phi) is 2.16. The van der Waals surface area contributed by atoms with Crippen molar-refractivity contribution in [1.82, 2.24) is 19.7 Å². The molecule has 0 aliphatic heterocycles. The average molecular weight is 209 g/mol. The minimum Gasteiger partial charge on any atom is -0.326 e. The normalized spacial score (nSPS) is 13.2. The predicted octanol–water partition coefficient (Wildman–Crippen LogP) is -1.24. The topological polar surface area (TPSA) is 110 Å². The predicted molar refractivity (Wildman–Crippen MR) is 54.6 cm³/mol. The lowest BCUT2D eigenvalue weighted by atomic mass is 10.3. The summed E-state index contributed by atoms with van der Waals surface area (Å²) in [6, 6.07) is -0.180. The van der Waals surface area contributed by atoms with Crippen LogP contribution in [0.1, 0.15) is 6.92 Å². The minimum atomic E-state index is -0.478. The highest BCUT2D eigenvalue weighted by Crippen LogP contribution is 2.01. The Labute approximate surface area is 83.9 Å². The SMILES string of the molecule is CC(N)Cn1c(=O)[nH]c(=O)c2cn[nH]c21. The number of nitrogens with two attached hydrogens (primary N) is 1. The Morgan fingerprint density at radius 1 is 1.60 bits per heavy atom. The lowest BCUT2D eigenvalue weighted by molar-refractivity contribution is 0.574. The van der Waals surface area contributed by atoms with Gasteiger partial charge in [0.05, 0.1) is 6.20 Å². The van der Waals surface area contributed by atoms with E-state index in [0.717, 1.165) is 0 Å². The van der Waals surface area contributed by atoms with Gasteiger partial charge in [0, 0.05) is 12.6 Å². The standard InChI is InChI=1S/C8H11N5O2/c1-4(9)3-13-6-5(2-10-12-6)7(14)11-8(13)15/h2,4H,3,9H2,1H3,(H,10,12)(H,11,14,15). The molecule has 0 saturated carbocycles. The van der Waals surface area contributed by atoms with Crippen LogP contribution in [0.4, 0.5) is 0 Å². The molecule has 2 aromatic heterocycles. The van der Waals surface area contributed by atoms with Gasteiger partial charge in [0.25, 0.3) is 5.56 Å². The second kappa shape index (κ2) is 3.35. The molecule has 7 heteroatoms. The van der Waals surface area contributed by atoms with Crippen LogP contribution >= 0.6 is 0 Å². The average Bonchev–Trinajstić information content (AvgIpc) is 2.60. The third kappa shape index (κ3) is 1.57. The first-order valence-corrected chi connectivity index (χ1v) is 4.51. The molecule has 2 aromatic rings. The van der Waals surface area contributed by atoms with Gasteiger partial charge < -0.3 is 5.73 Å². The molecule has 7 nitrogen and oxygen atoms in total. The van der Waals surface area contributed by atoms with E-state index in [4.69, 9.17) is 5.73 Å². The van der Waals surface area contributed by atoms with E-state index in [1.54, 1.807) is 6.92 Å². The number of hydrogen-bond acceptors (Lipinski definition) is 4. The van der Waals surface area contributed by atoms with Gasteiger partial charge >= 0.3 is 5.69 Å². The molecule has 1 atom stereocenters. The summed E-state index contributed by atoms with van der Waals surface area (Å²) >= 11 is 0. The molecule has 2 heterocycles. The van der Waals surface area contributed by atoms with Crippen LogP contribution in [0.25, 0.3) is 11.0 Å². The zero-order valence-electron chi connectivity index (χ0n) is 8.15. The fourth-order valence-electron chi connectivity index (χ4n) is 1.45. The number of nitrogens with one attached hydrogen (secondary N) is 2. The van der Waals surface area contributed by atoms with Crippen molar-refractivity contribution in [3.8, 4) is 0 Å². The van der Waals surface area contributed by atoms with Crippen molar-refractivity contribution in [2.45, 2.75) is 19.5 Å². The van der Waals surface area contributed by atoms with Gasteiger partial charge in [-0.15, -0.1) is 0 Å². The molecule has 80 valence electrons. The van der Waals surface area contributed by atoms with Gasteiger partial charge in [-0.3, -0.25) is 19.4 Å². The summed E-state index contributed by atoms with van der Waals surface area (Å²) in [6.07, 6.45) is 1.38. The molecule has 0 amide bonds. The van der Waals surface area contributed by atoms with Crippen molar-refractivity contribution in [3.63, 3.8) is 0 Å². The fourth-order valence-corrected chi connectivity index (χ4v) is 1.45. The van der Waals surface area contributed by atoms with Gasteiger partial charge in [-0.25, -0.2) is 4.79 Å².